The molecular formula is C23H29N3O5. The molecule has 1 heterocycles. The van der Waals surface area contributed by atoms with E-state index in [0.29, 0.717) is 56.5 Å². The first kappa shape index (κ1) is 22.4. The van der Waals surface area contributed by atoms with E-state index in [1.165, 1.54) is 12.1 Å². The molecule has 0 radical (unpaired) electrons. The van der Waals surface area contributed by atoms with Crippen molar-refractivity contribution in [3.63, 3.8) is 0 Å². The average Bonchev–Trinajstić information content (AvgIpc) is 2.80. The number of benzene rings is 2. The number of carbonyl (C=O) groups excluding carboxylic acids is 1. The summed E-state index contributed by atoms with van der Waals surface area (Å²) >= 11 is 0. The van der Waals surface area contributed by atoms with E-state index in [2.05, 4.69) is 11.8 Å². The maximum Gasteiger partial charge on any atom is 0.269 e. The molecule has 0 aromatic heterocycles. The number of nitrogens with zero attached hydrogens (tertiary/aromatic N) is 3. The average molecular weight is 428 g/mol. The standard InChI is InChI=1S/C23H29N3O5/c1-3-5-16-31-21-11-6-18(17-22(21)30-4-2)23(27)25-14-12-24(13-15-25)19-7-9-20(10-8-19)26(28)29/h6-11,17H,3-5,12-16H2,1-2H3. The molecule has 2 aromatic carbocycles. The summed E-state index contributed by atoms with van der Waals surface area (Å²) in [5.41, 5.74) is 1.57. The fraction of sp³-hybridized carbons (Fsp3) is 0.435. The van der Waals surface area contributed by atoms with E-state index in [1.54, 1.807) is 30.3 Å². The van der Waals surface area contributed by atoms with E-state index < -0.39 is 4.92 Å². The summed E-state index contributed by atoms with van der Waals surface area (Å²) in [6, 6.07) is 11.9. The lowest BCUT2D eigenvalue weighted by atomic mass is 10.1. The summed E-state index contributed by atoms with van der Waals surface area (Å²) in [6.45, 7) is 7.62. The molecule has 2 aromatic rings. The van der Waals surface area contributed by atoms with Gasteiger partial charge in [0.15, 0.2) is 11.5 Å². The molecule has 1 amide bonds. The van der Waals surface area contributed by atoms with Gasteiger partial charge in [-0.3, -0.25) is 14.9 Å². The second-order valence-electron chi connectivity index (χ2n) is 7.35. The highest BCUT2D eigenvalue weighted by molar-refractivity contribution is 5.95. The first-order valence-corrected chi connectivity index (χ1v) is 10.7. The van der Waals surface area contributed by atoms with E-state index >= 15 is 0 Å². The summed E-state index contributed by atoms with van der Waals surface area (Å²) in [5, 5.41) is 10.8. The third-order valence-electron chi connectivity index (χ3n) is 5.24. The van der Waals surface area contributed by atoms with Crippen LogP contribution in [-0.2, 0) is 0 Å². The Morgan fingerprint density at radius 1 is 1.00 bits per heavy atom. The molecule has 0 aliphatic carbocycles. The Balaban J connectivity index is 1.63. The minimum Gasteiger partial charge on any atom is -0.490 e. The molecule has 3 rings (SSSR count). The maximum atomic E-state index is 13.0. The fourth-order valence-electron chi connectivity index (χ4n) is 3.49. The first-order chi connectivity index (χ1) is 15.0. The van der Waals surface area contributed by atoms with Crippen molar-refractivity contribution in [1.29, 1.82) is 0 Å². The van der Waals surface area contributed by atoms with Crippen molar-refractivity contribution in [2.45, 2.75) is 26.7 Å². The van der Waals surface area contributed by atoms with Gasteiger partial charge in [0, 0.05) is 49.6 Å². The molecule has 1 aliphatic heterocycles. The van der Waals surface area contributed by atoms with Crippen LogP contribution in [0, 0.1) is 10.1 Å². The number of rotatable bonds is 9. The van der Waals surface area contributed by atoms with Crippen molar-refractivity contribution in [3.05, 3.63) is 58.1 Å². The zero-order valence-corrected chi connectivity index (χ0v) is 18.1. The van der Waals surface area contributed by atoms with Gasteiger partial charge in [0.1, 0.15) is 0 Å². The lowest BCUT2D eigenvalue weighted by Gasteiger charge is -2.36. The highest BCUT2D eigenvalue weighted by Crippen LogP contribution is 2.29. The number of amides is 1. The summed E-state index contributed by atoms with van der Waals surface area (Å²) < 4.78 is 11.5. The van der Waals surface area contributed by atoms with Gasteiger partial charge in [0.2, 0.25) is 0 Å². The van der Waals surface area contributed by atoms with Gasteiger partial charge in [-0.1, -0.05) is 13.3 Å². The number of piperazine rings is 1. The van der Waals surface area contributed by atoms with E-state index in [1.807, 2.05) is 11.8 Å². The third kappa shape index (κ3) is 5.65. The predicted molar refractivity (Wildman–Crippen MR) is 119 cm³/mol. The number of hydrogen-bond acceptors (Lipinski definition) is 6. The van der Waals surface area contributed by atoms with Crippen LogP contribution >= 0.6 is 0 Å². The molecule has 8 nitrogen and oxygen atoms in total. The lowest BCUT2D eigenvalue weighted by molar-refractivity contribution is -0.384. The topological polar surface area (TPSA) is 85.2 Å². The number of nitro groups is 1. The van der Waals surface area contributed by atoms with Crippen LogP contribution in [-0.4, -0.2) is 55.1 Å². The van der Waals surface area contributed by atoms with Crippen LogP contribution in [0.3, 0.4) is 0 Å². The number of carbonyl (C=O) groups is 1. The number of non-ortho nitro benzene ring substituents is 1. The number of anilines is 1. The van der Waals surface area contributed by atoms with E-state index in [4.69, 9.17) is 9.47 Å². The molecule has 0 bridgehead atoms. The van der Waals surface area contributed by atoms with Gasteiger partial charge in [-0.2, -0.15) is 0 Å². The van der Waals surface area contributed by atoms with Crippen LogP contribution in [0.2, 0.25) is 0 Å². The van der Waals surface area contributed by atoms with Crippen LogP contribution in [0.4, 0.5) is 11.4 Å². The van der Waals surface area contributed by atoms with Crippen molar-refractivity contribution >= 4 is 17.3 Å². The molecule has 0 spiro atoms. The number of ether oxygens (including phenoxy) is 2. The normalized spacial score (nSPS) is 13.7. The molecule has 8 heteroatoms. The van der Waals surface area contributed by atoms with Gasteiger partial charge >= 0.3 is 0 Å². The minimum absolute atomic E-state index is 0.0376. The van der Waals surface area contributed by atoms with E-state index in [-0.39, 0.29) is 11.6 Å². The van der Waals surface area contributed by atoms with Crippen molar-refractivity contribution < 1.29 is 19.2 Å². The van der Waals surface area contributed by atoms with Crippen LogP contribution in [0.15, 0.2) is 42.5 Å². The molecule has 0 N–H and O–H groups in total. The van der Waals surface area contributed by atoms with E-state index in [0.717, 1.165) is 18.5 Å². The molecule has 1 saturated heterocycles. The molecule has 1 aliphatic rings. The molecule has 0 unspecified atom stereocenters. The second kappa shape index (κ2) is 10.7. The second-order valence-corrected chi connectivity index (χ2v) is 7.35. The molecule has 166 valence electrons. The Hall–Kier alpha value is -3.29. The Kier molecular flexibility index (Phi) is 7.70. The summed E-state index contributed by atoms with van der Waals surface area (Å²) in [5.74, 6) is 1.22. The number of nitro benzene ring substituents is 1. The first-order valence-electron chi connectivity index (χ1n) is 10.7. The van der Waals surface area contributed by atoms with E-state index in [9.17, 15) is 14.9 Å². The summed E-state index contributed by atoms with van der Waals surface area (Å²) in [7, 11) is 0. The zero-order chi connectivity index (χ0) is 22.2. The van der Waals surface area contributed by atoms with Crippen LogP contribution in [0.1, 0.15) is 37.0 Å². The Morgan fingerprint density at radius 2 is 1.71 bits per heavy atom. The molecule has 1 fully saturated rings. The van der Waals surface area contributed by atoms with Crippen LogP contribution in [0.5, 0.6) is 11.5 Å². The van der Waals surface area contributed by atoms with Crippen LogP contribution < -0.4 is 14.4 Å². The molecule has 0 atom stereocenters. The van der Waals surface area contributed by atoms with Gasteiger partial charge in [0.25, 0.3) is 11.6 Å². The highest BCUT2D eigenvalue weighted by atomic mass is 16.6. The molecule has 0 saturated carbocycles. The van der Waals surface area contributed by atoms with Gasteiger partial charge in [-0.25, -0.2) is 0 Å². The van der Waals surface area contributed by atoms with Crippen molar-refractivity contribution in [3.8, 4) is 11.5 Å². The van der Waals surface area contributed by atoms with Crippen molar-refractivity contribution in [2.24, 2.45) is 0 Å². The molecule has 31 heavy (non-hydrogen) atoms. The minimum atomic E-state index is -0.406. The summed E-state index contributed by atoms with van der Waals surface area (Å²) in [4.78, 5) is 27.4. The fourth-order valence-corrected chi connectivity index (χ4v) is 3.49. The Labute approximate surface area is 182 Å². The number of hydrogen-bond donors (Lipinski definition) is 0. The molecular weight excluding hydrogens is 398 g/mol. The van der Waals surface area contributed by atoms with Gasteiger partial charge in [-0.05, 0) is 43.7 Å². The quantitative estimate of drug-likeness (QED) is 0.340. The Bertz CT molecular complexity index is 893. The Morgan fingerprint density at radius 3 is 2.32 bits per heavy atom. The third-order valence-corrected chi connectivity index (χ3v) is 5.24. The number of unbranched alkanes of at least 4 members (excludes halogenated alkanes) is 1. The zero-order valence-electron chi connectivity index (χ0n) is 18.1. The van der Waals surface area contributed by atoms with Gasteiger partial charge in [-0.15, -0.1) is 0 Å². The van der Waals surface area contributed by atoms with Crippen molar-refractivity contribution in [1.82, 2.24) is 4.90 Å². The summed E-state index contributed by atoms with van der Waals surface area (Å²) in [6.07, 6.45) is 2.01. The smallest absolute Gasteiger partial charge is 0.269 e. The monoisotopic (exact) mass is 427 g/mol. The maximum absolute atomic E-state index is 13.0. The van der Waals surface area contributed by atoms with Crippen molar-refractivity contribution in [2.75, 3.05) is 44.3 Å². The largest absolute Gasteiger partial charge is 0.490 e. The van der Waals surface area contributed by atoms with Gasteiger partial charge < -0.3 is 19.3 Å². The lowest BCUT2D eigenvalue weighted by Crippen LogP contribution is -2.48. The predicted octanol–water partition coefficient (Wildman–Crippen LogP) is 4.13. The highest BCUT2D eigenvalue weighted by Gasteiger charge is 2.23. The SMILES string of the molecule is CCCCOc1ccc(C(=O)N2CCN(c3ccc([N+](=O)[O-])cc3)CC2)cc1OCC. The van der Waals surface area contributed by atoms with Gasteiger partial charge in [0.05, 0.1) is 18.1 Å². The van der Waals surface area contributed by atoms with Crippen LogP contribution in [0.25, 0.3) is 0 Å².